The standard InChI is InChI=1S/C21H24FN3O2/c1-2-19(26)25(17-8-9-17)14-20(27)24-12-11-23-10-4-7-18(23)21(24)15-5-3-6-16(22)13-15/h3-7,10,13,17,21H,2,8-9,11-12,14H2,1H3. The number of carbonyl (C=O) groups is 2. The first-order valence-electron chi connectivity index (χ1n) is 9.58. The third-order valence-corrected chi connectivity index (χ3v) is 5.44. The van der Waals surface area contributed by atoms with E-state index in [0.29, 0.717) is 19.5 Å². The first kappa shape index (κ1) is 17.8. The molecule has 1 fully saturated rings. The van der Waals surface area contributed by atoms with Gasteiger partial charge in [0.05, 0.1) is 6.04 Å². The van der Waals surface area contributed by atoms with Gasteiger partial charge in [-0.1, -0.05) is 19.1 Å². The van der Waals surface area contributed by atoms with Gasteiger partial charge >= 0.3 is 0 Å². The molecule has 2 heterocycles. The molecule has 1 unspecified atom stereocenters. The van der Waals surface area contributed by atoms with Crippen LogP contribution in [0.25, 0.3) is 0 Å². The van der Waals surface area contributed by atoms with E-state index in [1.54, 1.807) is 15.9 Å². The molecule has 0 saturated heterocycles. The molecule has 0 radical (unpaired) electrons. The molecule has 4 rings (SSSR count). The van der Waals surface area contributed by atoms with Gasteiger partial charge in [0, 0.05) is 37.4 Å². The molecule has 1 aliphatic carbocycles. The van der Waals surface area contributed by atoms with E-state index < -0.39 is 0 Å². The van der Waals surface area contributed by atoms with Gasteiger partial charge in [0.25, 0.3) is 0 Å². The van der Waals surface area contributed by atoms with Crippen molar-refractivity contribution in [3.63, 3.8) is 0 Å². The van der Waals surface area contributed by atoms with Gasteiger partial charge in [-0.3, -0.25) is 9.59 Å². The zero-order valence-corrected chi connectivity index (χ0v) is 15.5. The summed E-state index contributed by atoms with van der Waals surface area (Å²) in [5.74, 6) is -0.372. The lowest BCUT2D eigenvalue weighted by molar-refractivity contribution is -0.142. The monoisotopic (exact) mass is 369 g/mol. The van der Waals surface area contributed by atoms with E-state index >= 15 is 0 Å². The quantitative estimate of drug-likeness (QED) is 0.813. The zero-order valence-electron chi connectivity index (χ0n) is 15.5. The second-order valence-corrected chi connectivity index (χ2v) is 7.28. The Balaban J connectivity index is 1.64. The first-order chi connectivity index (χ1) is 13.1. The second-order valence-electron chi connectivity index (χ2n) is 7.28. The van der Waals surface area contributed by atoms with E-state index in [1.165, 1.54) is 12.1 Å². The van der Waals surface area contributed by atoms with Crippen LogP contribution in [0.4, 0.5) is 4.39 Å². The average Bonchev–Trinajstić information content (AvgIpc) is 3.40. The van der Waals surface area contributed by atoms with Crippen LogP contribution in [0.15, 0.2) is 42.6 Å². The summed E-state index contributed by atoms with van der Waals surface area (Å²) in [6.07, 6.45) is 4.32. The van der Waals surface area contributed by atoms with Crippen LogP contribution in [0.5, 0.6) is 0 Å². The molecule has 0 bridgehead atoms. The van der Waals surface area contributed by atoms with Crippen LogP contribution < -0.4 is 0 Å². The summed E-state index contributed by atoms with van der Waals surface area (Å²) < 4.78 is 16.0. The summed E-state index contributed by atoms with van der Waals surface area (Å²) in [5, 5.41) is 0. The van der Waals surface area contributed by atoms with Crippen LogP contribution in [-0.4, -0.2) is 45.3 Å². The number of fused-ring (bicyclic) bond motifs is 1. The van der Waals surface area contributed by atoms with E-state index in [-0.39, 0.29) is 36.3 Å². The van der Waals surface area contributed by atoms with Crippen LogP contribution in [0.3, 0.4) is 0 Å². The zero-order chi connectivity index (χ0) is 19.0. The van der Waals surface area contributed by atoms with Crippen molar-refractivity contribution in [2.24, 2.45) is 0 Å². The van der Waals surface area contributed by atoms with Crippen molar-refractivity contribution in [3.8, 4) is 0 Å². The van der Waals surface area contributed by atoms with Crippen molar-refractivity contribution >= 4 is 11.8 Å². The molecule has 1 aromatic carbocycles. The van der Waals surface area contributed by atoms with Gasteiger partial charge in [-0.05, 0) is 42.7 Å². The number of nitrogens with zero attached hydrogens (tertiary/aromatic N) is 3. The summed E-state index contributed by atoms with van der Waals surface area (Å²) in [4.78, 5) is 29.0. The number of halogens is 1. The number of benzene rings is 1. The Hall–Kier alpha value is -2.63. The lowest BCUT2D eigenvalue weighted by atomic mass is 9.99. The molecule has 0 spiro atoms. The Kier molecular flexibility index (Phi) is 4.72. The van der Waals surface area contributed by atoms with Crippen LogP contribution in [0, 0.1) is 5.82 Å². The van der Waals surface area contributed by atoms with Crippen molar-refractivity contribution in [3.05, 3.63) is 59.7 Å². The lowest BCUT2D eigenvalue weighted by Gasteiger charge is -2.38. The Morgan fingerprint density at radius 1 is 1.19 bits per heavy atom. The molecule has 1 saturated carbocycles. The predicted molar refractivity (Wildman–Crippen MR) is 99.4 cm³/mol. The van der Waals surface area contributed by atoms with E-state index in [1.807, 2.05) is 31.3 Å². The third-order valence-electron chi connectivity index (χ3n) is 5.44. The number of aromatic nitrogens is 1. The average molecular weight is 369 g/mol. The third kappa shape index (κ3) is 3.48. The summed E-state index contributed by atoms with van der Waals surface area (Å²) in [6, 6.07) is 10.2. The minimum absolute atomic E-state index is 0.0218. The van der Waals surface area contributed by atoms with Gasteiger partial charge in [-0.2, -0.15) is 0 Å². The highest BCUT2D eigenvalue weighted by atomic mass is 19.1. The normalized spacial score (nSPS) is 18.9. The van der Waals surface area contributed by atoms with Gasteiger partial charge in [-0.25, -0.2) is 4.39 Å². The van der Waals surface area contributed by atoms with Crippen LogP contribution >= 0.6 is 0 Å². The minimum Gasteiger partial charge on any atom is -0.348 e. The van der Waals surface area contributed by atoms with Crippen LogP contribution in [-0.2, 0) is 16.1 Å². The number of carbonyl (C=O) groups excluding carboxylic acids is 2. The number of rotatable bonds is 5. The molecule has 2 amide bonds. The summed E-state index contributed by atoms with van der Waals surface area (Å²) in [6.45, 7) is 3.17. The number of hydrogen-bond acceptors (Lipinski definition) is 2. The van der Waals surface area contributed by atoms with E-state index in [2.05, 4.69) is 4.57 Å². The van der Waals surface area contributed by atoms with E-state index in [4.69, 9.17) is 0 Å². The summed E-state index contributed by atoms with van der Waals surface area (Å²) in [7, 11) is 0. The fraction of sp³-hybridized carbons (Fsp3) is 0.429. The molecule has 0 N–H and O–H groups in total. The lowest BCUT2D eigenvalue weighted by Crippen LogP contribution is -2.48. The molecule has 1 aromatic heterocycles. The van der Waals surface area contributed by atoms with Gasteiger partial charge in [0.1, 0.15) is 12.4 Å². The maximum Gasteiger partial charge on any atom is 0.243 e. The molecule has 2 aromatic rings. The van der Waals surface area contributed by atoms with Crippen LogP contribution in [0.1, 0.15) is 43.5 Å². The molecule has 5 nitrogen and oxygen atoms in total. The largest absolute Gasteiger partial charge is 0.348 e. The van der Waals surface area contributed by atoms with E-state index in [9.17, 15) is 14.0 Å². The molecule has 6 heteroatoms. The van der Waals surface area contributed by atoms with Crippen molar-refractivity contribution in [2.75, 3.05) is 13.1 Å². The highest BCUT2D eigenvalue weighted by Crippen LogP contribution is 2.34. The Bertz CT molecular complexity index is 859. The number of hydrogen-bond donors (Lipinski definition) is 0. The molecule has 142 valence electrons. The molecule has 27 heavy (non-hydrogen) atoms. The molecular weight excluding hydrogens is 345 g/mol. The summed E-state index contributed by atoms with van der Waals surface area (Å²) in [5.41, 5.74) is 1.72. The maximum atomic E-state index is 13.9. The number of amides is 2. The van der Waals surface area contributed by atoms with Gasteiger partial charge in [0.2, 0.25) is 11.8 Å². The molecule has 2 aliphatic rings. The van der Waals surface area contributed by atoms with Crippen molar-refractivity contribution in [1.82, 2.24) is 14.4 Å². The molecule has 1 aliphatic heterocycles. The highest BCUT2D eigenvalue weighted by Gasteiger charge is 2.37. The van der Waals surface area contributed by atoms with Crippen molar-refractivity contribution < 1.29 is 14.0 Å². The fourth-order valence-corrected chi connectivity index (χ4v) is 3.93. The van der Waals surface area contributed by atoms with Gasteiger partial charge < -0.3 is 14.4 Å². The fourth-order valence-electron chi connectivity index (χ4n) is 3.93. The molecular formula is C21H24FN3O2. The van der Waals surface area contributed by atoms with E-state index in [0.717, 1.165) is 24.1 Å². The highest BCUT2D eigenvalue weighted by molar-refractivity contribution is 5.85. The van der Waals surface area contributed by atoms with Crippen molar-refractivity contribution in [1.29, 1.82) is 0 Å². The van der Waals surface area contributed by atoms with Crippen molar-refractivity contribution in [2.45, 2.75) is 44.8 Å². The minimum atomic E-state index is -0.338. The smallest absolute Gasteiger partial charge is 0.243 e. The Labute approximate surface area is 158 Å². The van der Waals surface area contributed by atoms with Gasteiger partial charge in [-0.15, -0.1) is 0 Å². The second kappa shape index (κ2) is 7.18. The maximum absolute atomic E-state index is 13.9. The van der Waals surface area contributed by atoms with Crippen LogP contribution in [0.2, 0.25) is 0 Å². The molecule has 1 atom stereocenters. The Morgan fingerprint density at radius 3 is 2.70 bits per heavy atom. The van der Waals surface area contributed by atoms with Gasteiger partial charge in [0.15, 0.2) is 0 Å². The summed E-state index contributed by atoms with van der Waals surface area (Å²) >= 11 is 0. The SMILES string of the molecule is CCC(=O)N(CC(=O)N1CCn2cccc2C1c1cccc(F)c1)C1CC1. The first-order valence-corrected chi connectivity index (χ1v) is 9.58. The topological polar surface area (TPSA) is 45.6 Å². The predicted octanol–water partition coefficient (Wildman–Crippen LogP) is 2.96. The Morgan fingerprint density at radius 2 is 2.00 bits per heavy atom.